The van der Waals surface area contributed by atoms with Gasteiger partial charge in [0.05, 0.1) is 5.52 Å². The van der Waals surface area contributed by atoms with E-state index >= 15 is 0 Å². The van der Waals surface area contributed by atoms with Gasteiger partial charge in [-0.1, -0.05) is 0 Å². The van der Waals surface area contributed by atoms with Gasteiger partial charge in [-0.25, -0.2) is 14.8 Å². The maximum absolute atomic E-state index is 10.6. The topological polar surface area (TPSA) is 106 Å². The zero-order valence-electron chi connectivity index (χ0n) is 13.4. The van der Waals surface area contributed by atoms with Gasteiger partial charge in [0, 0.05) is 18.0 Å². The molecule has 1 aliphatic rings. The number of benzene rings is 1. The Labute approximate surface area is 149 Å². The van der Waals surface area contributed by atoms with Crippen molar-refractivity contribution in [3.05, 3.63) is 42.9 Å². The summed E-state index contributed by atoms with van der Waals surface area (Å²) in [7, 11) is 0. The van der Waals surface area contributed by atoms with Crippen molar-refractivity contribution in [2.45, 2.75) is 6.18 Å². The monoisotopic (exact) mass is 380 g/mol. The van der Waals surface area contributed by atoms with Crippen molar-refractivity contribution in [1.82, 2.24) is 15.0 Å². The van der Waals surface area contributed by atoms with Gasteiger partial charge in [0.1, 0.15) is 11.8 Å². The van der Waals surface area contributed by atoms with Crippen LogP contribution in [0.1, 0.15) is 0 Å². The van der Waals surface area contributed by atoms with Crippen molar-refractivity contribution in [2.75, 3.05) is 12.1 Å². The number of aromatic nitrogens is 3. The highest BCUT2D eigenvalue weighted by Crippen LogP contribution is 2.35. The van der Waals surface area contributed by atoms with E-state index in [-0.39, 0.29) is 6.79 Å². The van der Waals surface area contributed by atoms with Crippen LogP contribution in [0.25, 0.3) is 11.0 Å². The highest BCUT2D eigenvalue weighted by atomic mass is 19.4. The van der Waals surface area contributed by atoms with Gasteiger partial charge < -0.3 is 19.9 Å². The number of pyridine rings is 1. The molecule has 1 aromatic carbocycles. The second kappa shape index (κ2) is 7.32. The summed E-state index contributed by atoms with van der Waals surface area (Å²) in [5, 5.41) is 10.4. The molecule has 0 saturated carbocycles. The SMILES string of the molecule is O=C(O)C(F)(F)F.c1cnc2c(Nc3ccc4c(c3)OCO4)ncnc2c1. The van der Waals surface area contributed by atoms with Gasteiger partial charge >= 0.3 is 12.1 Å². The highest BCUT2D eigenvalue weighted by Gasteiger charge is 2.38. The lowest BCUT2D eigenvalue weighted by molar-refractivity contribution is -0.192. The molecule has 0 saturated heterocycles. The molecule has 0 bridgehead atoms. The Morgan fingerprint density at radius 2 is 1.85 bits per heavy atom. The molecule has 4 rings (SSSR count). The van der Waals surface area contributed by atoms with Crippen LogP contribution in [0.15, 0.2) is 42.9 Å². The van der Waals surface area contributed by atoms with Crippen LogP contribution in [0, 0.1) is 0 Å². The third kappa shape index (κ3) is 4.32. The van der Waals surface area contributed by atoms with Gasteiger partial charge in [-0.3, -0.25) is 4.98 Å². The van der Waals surface area contributed by atoms with Crippen LogP contribution >= 0.6 is 0 Å². The first-order chi connectivity index (χ1) is 12.8. The smallest absolute Gasteiger partial charge is 0.475 e. The van der Waals surface area contributed by atoms with E-state index in [1.165, 1.54) is 6.33 Å². The van der Waals surface area contributed by atoms with Crippen LogP contribution in [0.5, 0.6) is 11.5 Å². The first-order valence-corrected chi connectivity index (χ1v) is 7.37. The number of carboxylic acid groups (broad SMARTS) is 1. The lowest BCUT2D eigenvalue weighted by atomic mass is 10.2. The highest BCUT2D eigenvalue weighted by molar-refractivity contribution is 5.86. The second-order valence-electron chi connectivity index (χ2n) is 5.09. The summed E-state index contributed by atoms with van der Waals surface area (Å²) < 4.78 is 42.4. The van der Waals surface area contributed by atoms with Gasteiger partial charge in [0.2, 0.25) is 6.79 Å². The van der Waals surface area contributed by atoms with E-state index in [1.807, 2.05) is 30.3 Å². The Balaban J connectivity index is 0.000000260. The van der Waals surface area contributed by atoms with E-state index in [9.17, 15) is 13.2 Å². The molecule has 3 heterocycles. The summed E-state index contributed by atoms with van der Waals surface area (Å²) in [6, 6.07) is 9.39. The van der Waals surface area contributed by atoms with Crippen LogP contribution in [-0.2, 0) is 4.79 Å². The maximum Gasteiger partial charge on any atom is 0.490 e. The molecule has 0 fully saturated rings. The van der Waals surface area contributed by atoms with Crippen LogP contribution in [0.4, 0.5) is 24.7 Å². The van der Waals surface area contributed by atoms with Crippen molar-refractivity contribution >= 4 is 28.5 Å². The number of rotatable bonds is 2. The summed E-state index contributed by atoms with van der Waals surface area (Å²) >= 11 is 0. The quantitative estimate of drug-likeness (QED) is 0.698. The number of aliphatic carboxylic acids is 1. The van der Waals surface area contributed by atoms with Gasteiger partial charge in [0.25, 0.3) is 0 Å². The molecule has 3 aromatic rings. The fourth-order valence-electron chi connectivity index (χ4n) is 2.10. The van der Waals surface area contributed by atoms with E-state index < -0.39 is 12.1 Å². The van der Waals surface area contributed by atoms with E-state index in [0.29, 0.717) is 5.82 Å². The van der Waals surface area contributed by atoms with E-state index in [1.54, 1.807) is 6.20 Å². The van der Waals surface area contributed by atoms with E-state index in [4.69, 9.17) is 19.4 Å². The number of alkyl halides is 3. The molecule has 0 amide bonds. The molecule has 11 heteroatoms. The number of halogens is 3. The first kappa shape index (κ1) is 18.2. The van der Waals surface area contributed by atoms with Crippen molar-refractivity contribution < 1.29 is 32.5 Å². The van der Waals surface area contributed by atoms with Crippen molar-refractivity contribution in [2.24, 2.45) is 0 Å². The fraction of sp³-hybridized carbons (Fsp3) is 0.125. The lowest BCUT2D eigenvalue weighted by Gasteiger charge is -2.08. The molecule has 2 N–H and O–H groups in total. The number of nitrogens with zero attached hydrogens (tertiary/aromatic N) is 3. The number of ether oxygens (including phenoxy) is 2. The number of carbonyl (C=O) groups is 1. The molecule has 0 radical (unpaired) electrons. The molecule has 1 aliphatic heterocycles. The molecular weight excluding hydrogens is 369 g/mol. The standard InChI is InChI=1S/C14H10N4O2.C2HF3O2/c1-2-10-13(15-5-1)14(17-7-16-10)18-9-3-4-11-12(6-9)20-8-19-11;3-2(4,5)1(6)7/h1-7H,8H2,(H,16,17,18);(H,6,7). The summed E-state index contributed by atoms with van der Waals surface area (Å²) in [6.07, 6.45) is -1.85. The Bertz CT molecular complexity index is 976. The Kier molecular flexibility index (Phi) is 4.92. The molecule has 0 aliphatic carbocycles. The number of nitrogens with one attached hydrogen (secondary N) is 1. The van der Waals surface area contributed by atoms with Crippen LogP contribution in [-0.4, -0.2) is 39.0 Å². The largest absolute Gasteiger partial charge is 0.490 e. The minimum Gasteiger partial charge on any atom is -0.475 e. The summed E-state index contributed by atoms with van der Waals surface area (Å²) in [5.74, 6) is -0.621. The van der Waals surface area contributed by atoms with Gasteiger partial charge in [-0.05, 0) is 24.3 Å². The zero-order valence-corrected chi connectivity index (χ0v) is 13.4. The third-order valence-corrected chi connectivity index (χ3v) is 3.27. The molecule has 0 spiro atoms. The predicted octanol–water partition coefficient (Wildman–Crippen LogP) is 3.13. The Hall–Kier alpha value is -3.63. The summed E-state index contributed by atoms with van der Waals surface area (Å²) in [5.41, 5.74) is 2.39. The maximum atomic E-state index is 10.6. The molecule has 8 nitrogen and oxygen atoms in total. The molecule has 0 atom stereocenters. The average molecular weight is 380 g/mol. The number of carboxylic acids is 1. The zero-order chi connectivity index (χ0) is 19.4. The normalized spacial score (nSPS) is 12.3. The molecule has 27 heavy (non-hydrogen) atoms. The van der Waals surface area contributed by atoms with Gasteiger partial charge in [-0.2, -0.15) is 13.2 Å². The van der Waals surface area contributed by atoms with E-state index in [2.05, 4.69) is 20.3 Å². The van der Waals surface area contributed by atoms with Crippen LogP contribution in [0.3, 0.4) is 0 Å². The number of anilines is 2. The lowest BCUT2D eigenvalue weighted by Crippen LogP contribution is -2.21. The second-order valence-corrected chi connectivity index (χ2v) is 5.09. The minimum atomic E-state index is -5.08. The molecular formula is C16H11F3N4O4. The third-order valence-electron chi connectivity index (χ3n) is 3.27. The van der Waals surface area contributed by atoms with Crippen molar-refractivity contribution in [3.63, 3.8) is 0 Å². The molecule has 0 unspecified atom stereocenters. The molecule has 2 aromatic heterocycles. The van der Waals surface area contributed by atoms with Crippen LogP contribution in [0.2, 0.25) is 0 Å². The van der Waals surface area contributed by atoms with Crippen LogP contribution < -0.4 is 14.8 Å². The predicted molar refractivity (Wildman–Crippen MR) is 86.9 cm³/mol. The average Bonchev–Trinajstić information content (AvgIpc) is 3.09. The van der Waals surface area contributed by atoms with Crippen molar-refractivity contribution in [1.29, 1.82) is 0 Å². The van der Waals surface area contributed by atoms with Gasteiger partial charge in [-0.15, -0.1) is 0 Å². The Morgan fingerprint density at radius 3 is 2.59 bits per heavy atom. The van der Waals surface area contributed by atoms with E-state index in [0.717, 1.165) is 28.2 Å². The number of hydrogen-bond acceptors (Lipinski definition) is 7. The Morgan fingerprint density at radius 1 is 1.11 bits per heavy atom. The summed E-state index contributed by atoms with van der Waals surface area (Å²) in [4.78, 5) is 21.6. The fourth-order valence-corrected chi connectivity index (χ4v) is 2.10. The molecule has 140 valence electrons. The number of fused-ring (bicyclic) bond motifs is 2. The number of hydrogen-bond donors (Lipinski definition) is 2. The first-order valence-electron chi connectivity index (χ1n) is 7.37. The minimum absolute atomic E-state index is 0.261. The summed E-state index contributed by atoms with van der Waals surface area (Å²) in [6.45, 7) is 0.261. The van der Waals surface area contributed by atoms with Crippen molar-refractivity contribution in [3.8, 4) is 11.5 Å². The van der Waals surface area contributed by atoms with Gasteiger partial charge in [0.15, 0.2) is 17.3 Å².